The van der Waals surface area contributed by atoms with E-state index in [0.717, 1.165) is 10.0 Å². The van der Waals surface area contributed by atoms with Crippen LogP contribution in [0.2, 0.25) is 0 Å². The number of hydrogen-bond acceptors (Lipinski definition) is 0. The Bertz CT molecular complexity index is 368. The molecule has 0 aliphatic heterocycles. The van der Waals surface area contributed by atoms with E-state index in [9.17, 15) is 0 Å². The first-order chi connectivity index (χ1) is 7.09. The third kappa shape index (κ3) is 5.15. The van der Waals surface area contributed by atoms with Crippen molar-refractivity contribution >= 4 is 45.2 Å². The second kappa shape index (κ2) is 6.68. The molecule has 0 radical (unpaired) electrons. The predicted molar refractivity (Wildman–Crippen MR) is 85.5 cm³/mol. The molecule has 0 unspecified atom stereocenters. The third-order valence-corrected chi connectivity index (χ3v) is 3.49. The van der Waals surface area contributed by atoms with Crippen LogP contribution in [0.15, 0.2) is 55.3 Å². The van der Waals surface area contributed by atoms with Gasteiger partial charge in [0.15, 0.2) is 0 Å². The molecule has 0 nitrogen and oxygen atoms in total. The quantitative estimate of drug-likeness (QED) is 0.416. The molecule has 15 heavy (non-hydrogen) atoms. The molecule has 0 heterocycles. The molecule has 0 spiro atoms. The fourth-order valence-electron chi connectivity index (χ4n) is 1.34. The normalized spacial score (nSPS) is 17.7. The molecule has 0 aromatic heterocycles. The number of rotatable bonds is 3. The average Bonchev–Trinajstić information content (AvgIpc) is 2.18. The first-order valence-corrected chi connectivity index (χ1v) is 7.00. The molecule has 0 bridgehead atoms. The van der Waals surface area contributed by atoms with Crippen molar-refractivity contribution in [3.05, 3.63) is 55.3 Å². The Morgan fingerprint density at radius 2 is 2.13 bits per heavy atom. The van der Waals surface area contributed by atoms with E-state index < -0.39 is 0 Å². The summed E-state index contributed by atoms with van der Waals surface area (Å²) >= 11 is 4.61. The van der Waals surface area contributed by atoms with Crippen LogP contribution in [0.4, 0.5) is 0 Å². The number of allylic oxidation sites excluding steroid dienone is 9. The van der Waals surface area contributed by atoms with E-state index >= 15 is 0 Å². The minimum Gasteiger partial charge on any atom is -0.0856 e. The van der Waals surface area contributed by atoms with Gasteiger partial charge in [-0.1, -0.05) is 30.9 Å². The molecule has 0 fully saturated rings. The van der Waals surface area contributed by atoms with E-state index in [4.69, 9.17) is 0 Å². The molecule has 0 N–H and O–H groups in total. The molecule has 1 aliphatic rings. The summed E-state index contributed by atoms with van der Waals surface area (Å²) in [5, 5.41) is 0. The zero-order valence-corrected chi connectivity index (χ0v) is 13.1. The van der Waals surface area contributed by atoms with Gasteiger partial charge in [-0.2, -0.15) is 0 Å². The van der Waals surface area contributed by atoms with Crippen LogP contribution in [0, 0.1) is 0 Å². The maximum atomic E-state index is 3.82. The van der Waals surface area contributed by atoms with Gasteiger partial charge in [-0.15, -0.1) is 0 Å². The first-order valence-electron chi connectivity index (χ1n) is 4.84. The van der Waals surface area contributed by atoms with Crippen molar-refractivity contribution in [1.82, 2.24) is 0 Å². The molecule has 0 aromatic carbocycles. The summed E-state index contributed by atoms with van der Waals surface area (Å²) in [6.45, 7) is 5.98. The third-order valence-electron chi connectivity index (χ3n) is 2.23. The summed E-state index contributed by atoms with van der Waals surface area (Å²) < 4.78 is 2.50. The van der Waals surface area contributed by atoms with Crippen LogP contribution in [0.5, 0.6) is 0 Å². The zero-order valence-electron chi connectivity index (χ0n) is 8.76. The van der Waals surface area contributed by atoms with E-state index in [0.29, 0.717) is 0 Å². The van der Waals surface area contributed by atoms with Gasteiger partial charge in [-0.3, -0.25) is 0 Å². The van der Waals surface area contributed by atoms with Gasteiger partial charge in [0.05, 0.1) is 0 Å². The summed E-state index contributed by atoms with van der Waals surface area (Å²) in [6, 6.07) is 0. The molecule has 1 rings (SSSR count). The van der Waals surface area contributed by atoms with E-state index in [-0.39, 0.29) is 0 Å². The molecule has 0 saturated heterocycles. The zero-order chi connectivity index (χ0) is 11.3. The van der Waals surface area contributed by atoms with Gasteiger partial charge in [0.2, 0.25) is 0 Å². The minimum atomic E-state index is 1.06. The lowest BCUT2D eigenvalue weighted by molar-refractivity contribution is 0.963. The Kier molecular flexibility index (Phi) is 5.89. The molecule has 0 amide bonds. The standard InChI is InChI=1S/C13H14I2/c1-10(4-3-5-11(2)14)12-6-8-13(15)9-7-12/h3-6,8H,2,7,9H2,1H3/b5-3-,10-4+. The van der Waals surface area contributed by atoms with E-state index in [1.807, 2.05) is 6.08 Å². The minimum absolute atomic E-state index is 1.06. The maximum absolute atomic E-state index is 3.82. The monoisotopic (exact) mass is 424 g/mol. The highest BCUT2D eigenvalue weighted by Gasteiger charge is 2.04. The van der Waals surface area contributed by atoms with Gasteiger partial charge in [-0.25, -0.2) is 0 Å². The van der Waals surface area contributed by atoms with Crippen LogP contribution < -0.4 is 0 Å². The Hall–Kier alpha value is 0.160. The van der Waals surface area contributed by atoms with Crippen molar-refractivity contribution in [1.29, 1.82) is 0 Å². The highest BCUT2D eigenvalue weighted by molar-refractivity contribution is 14.1. The summed E-state index contributed by atoms with van der Waals surface area (Å²) in [5.74, 6) is 0. The van der Waals surface area contributed by atoms with Crippen molar-refractivity contribution in [3.63, 3.8) is 0 Å². The van der Waals surface area contributed by atoms with E-state index in [1.165, 1.54) is 21.1 Å². The fraction of sp³-hybridized carbons (Fsp3) is 0.231. The summed E-state index contributed by atoms with van der Waals surface area (Å²) in [7, 11) is 0. The van der Waals surface area contributed by atoms with Gasteiger partial charge in [0, 0.05) is 3.58 Å². The van der Waals surface area contributed by atoms with Crippen molar-refractivity contribution in [2.24, 2.45) is 0 Å². The highest BCUT2D eigenvalue weighted by Crippen LogP contribution is 2.26. The van der Waals surface area contributed by atoms with Gasteiger partial charge < -0.3 is 0 Å². The molecule has 2 heteroatoms. The van der Waals surface area contributed by atoms with Crippen molar-refractivity contribution in [2.75, 3.05) is 0 Å². The summed E-state index contributed by atoms with van der Waals surface area (Å²) in [5.41, 5.74) is 2.79. The van der Waals surface area contributed by atoms with Crippen LogP contribution in [0.3, 0.4) is 0 Å². The Balaban J connectivity index is 2.69. The van der Waals surface area contributed by atoms with Gasteiger partial charge in [-0.05, 0) is 85.7 Å². The van der Waals surface area contributed by atoms with E-state index in [2.05, 4.69) is 83.0 Å². The summed E-state index contributed by atoms with van der Waals surface area (Å²) in [4.78, 5) is 0. The molecule has 0 atom stereocenters. The lowest BCUT2D eigenvalue weighted by Gasteiger charge is -2.11. The smallest absolute Gasteiger partial charge is 0.00579 e. The molecular weight excluding hydrogens is 410 g/mol. The SMILES string of the molecule is C=C(I)/C=C\C=C(/C)C1=CC=C(I)CC1. The van der Waals surface area contributed by atoms with E-state index in [1.54, 1.807) is 0 Å². The Morgan fingerprint density at radius 1 is 1.40 bits per heavy atom. The summed E-state index contributed by atoms with van der Waals surface area (Å²) in [6.07, 6.45) is 13.0. The fourth-order valence-corrected chi connectivity index (χ4v) is 2.00. The Morgan fingerprint density at radius 3 is 2.67 bits per heavy atom. The van der Waals surface area contributed by atoms with Gasteiger partial charge >= 0.3 is 0 Å². The maximum Gasteiger partial charge on any atom is 0.00579 e. The number of hydrogen-bond donors (Lipinski definition) is 0. The van der Waals surface area contributed by atoms with Crippen LogP contribution in [0.1, 0.15) is 19.8 Å². The molecule has 0 saturated carbocycles. The van der Waals surface area contributed by atoms with Crippen LogP contribution in [-0.4, -0.2) is 0 Å². The molecule has 80 valence electrons. The Labute approximate surface area is 119 Å². The topological polar surface area (TPSA) is 0 Å². The average molecular weight is 424 g/mol. The highest BCUT2D eigenvalue weighted by atomic mass is 127. The van der Waals surface area contributed by atoms with Crippen molar-refractivity contribution < 1.29 is 0 Å². The van der Waals surface area contributed by atoms with Crippen LogP contribution >= 0.6 is 45.2 Å². The van der Waals surface area contributed by atoms with Crippen LogP contribution in [0.25, 0.3) is 0 Å². The first kappa shape index (κ1) is 13.2. The van der Waals surface area contributed by atoms with Crippen LogP contribution in [-0.2, 0) is 0 Å². The van der Waals surface area contributed by atoms with Gasteiger partial charge in [0.1, 0.15) is 0 Å². The predicted octanol–water partition coefficient (Wildman–Crippen LogP) is 5.48. The van der Waals surface area contributed by atoms with Crippen molar-refractivity contribution in [3.8, 4) is 0 Å². The second-order valence-electron chi connectivity index (χ2n) is 3.46. The molecular formula is C13H14I2. The number of halogens is 2. The lowest BCUT2D eigenvalue weighted by atomic mass is 9.98. The molecule has 0 aromatic rings. The lowest BCUT2D eigenvalue weighted by Crippen LogP contribution is -1.90. The second-order valence-corrected chi connectivity index (χ2v) is 6.23. The van der Waals surface area contributed by atoms with Gasteiger partial charge in [0.25, 0.3) is 0 Å². The largest absolute Gasteiger partial charge is 0.0856 e. The molecule has 1 aliphatic carbocycles. The van der Waals surface area contributed by atoms with Crippen molar-refractivity contribution in [2.45, 2.75) is 19.8 Å².